The number of sulfone groups is 1. The van der Waals surface area contributed by atoms with E-state index in [0.29, 0.717) is 29.2 Å². The third-order valence-corrected chi connectivity index (χ3v) is 5.89. The summed E-state index contributed by atoms with van der Waals surface area (Å²) < 4.78 is 24.1. The molecule has 5 nitrogen and oxygen atoms in total. The zero-order valence-electron chi connectivity index (χ0n) is 10.9. The van der Waals surface area contributed by atoms with E-state index in [1.54, 1.807) is 12.1 Å². The lowest BCUT2D eigenvalue weighted by Crippen LogP contribution is -2.29. The van der Waals surface area contributed by atoms with E-state index in [9.17, 15) is 13.2 Å². The highest BCUT2D eigenvalue weighted by molar-refractivity contribution is 7.92. The maximum absolute atomic E-state index is 12.1. The number of nitrogens with one attached hydrogen (secondary N) is 1. The monoisotopic (exact) mass is 316 g/mol. The minimum atomic E-state index is -3.39. The number of carbonyl (C=O) groups is 1. The summed E-state index contributed by atoms with van der Waals surface area (Å²) in [5.74, 6) is -1.09. The van der Waals surface area contributed by atoms with Crippen molar-refractivity contribution in [2.75, 3.05) is 16.8 Å². The van der Waals surface area contributed by atoms with Crippen molar-refractivity contribution in [2.45, 2.75) is 30.9 Å². The number of hydrogen-bond donors (Lipinski definition) is 2. The van der Waals surface area contributed by atoms with Gasteiger partial charge >= 0.3 is 0 Å². The Morgan fingerprint density at radius 1 is 1.35 bits per heavy atom. The molecule has 20 heavy (non-hydrogen) atoms. The van der Waals surface area contributed by atoms with Crippen LogP contribution in [0.15, 0.2) is 18.2 Å². The Morgan fingerprint density at radius 3 is 2.65 bits per heavy atom. The largest absolute Gasteiger partial charge is 0.399 e. The normalized spacial score (nSPS) is 16.2. The lowest BCUT2D eigenvalue weighted by Gasteiger charge is -2.12. The summed E-state index contributed by atoms with van der Waals surface area (Å²) in [5.41, 5.74) is 6.38. The summed E-state index contributed by atoms with van der Waals surface area (Å²) >= 11 is 5.92. The number of anilines is 2. The van der Waals surface area contributed by atoms with Crippen LogP contribution in [0.4, 0.5) is 11.4 Å². The van der Waals surface area contributed by atoms with Gasteiger partial charge in [0.2, 0.25) is 5.91 Å². The number of halogens is 1. The fourth-order valence-electron chi connectivity index (χ4n) is 2.37. The fraction of sp³-hybridized carbons (Fsp3) is 0.462. The van der Waals surface area contributed by atoms with Gasteiger partial charge in [0, 0.05) is 5.69 Å². The summed E-state index contributed by atoms with van der Waals surface area (Å²) in [6, 6.07) is 4.66. The Balaban J connectivity index is 2.03. The van der Waals surface area contributed by atoms with Crippen LogP contribution in [0.2, 0.25) is 5.02 Å². The van der Waals surface area contributed by atoms with Gasteiger partial charge in [-0.25, -0.2) is 8.42 Å². The average molecular weight is 317 g/mol. The van der Waals surface area contributed by atoms with Crippen molar-refractivity contribution in [1.29, 1.82) is 0 Å². The molecule has 7 heteroatoms. The van der Waals surface area contributed by atoms with Crippen molar-refractivity contribution in [3.8, 4) is 0 Å². The first-order chi connectivity index (χ1) is 9.38. The maximum Gasteiger partial charge on any atom is 0.239 e. The van der Waals surface area contributed by atoms with Gasteiger partial charge in [-0.1, -0.05) is 24.4 Å². The quantitative estimate of drug-likeness (QED) is 0.833. The predicted molar refractivity (Wildman–Crippen MR) is 80.5 cm³/mol. The molecular formula is C13H17ClN2O3S. The number of amides is 1. The summed E-state index contributed by atoms with van der Waals surface area (Å²) in [6.07, 6.45) is 3.11. The van der Waals surface area contributed by atoms with Crippen LogP contribution in [-0.2, 0) is 14.6 Å². The van der Waals surface area contributed by atoms with Crippen molar-refractivity contribution in [3.63, 3.8) is 0 Å². The second kappa shape index (κ2) is 6.01. The van der Waals surface area contributed by atoms with Crippen LogP contribution >= 0.6 is 11.6 Å². The zero-order chi connectivity index (χ0) is 14.8. The van der Waals surface area contributed by atoms with E-state index < -0.39 is 21.5 Å². The van der Waals surface area contributed by atoms with Gasteiger partial charge in [-0.05, 0) is 31.0 Å². The van der Waals surface area contributed by atoms with E-state index in [4.69, 9.17) is 17.3 Å². The molecule has 0 atom stereocenters. The van der Waals surface area contributed by atoms with Crippen molar-refractivity contribution in [1.82, 2.24) is 0 Å². The minimum absolute atomic E-state index is 0.325. The first-order valence-electron chi connectivity index (χ1n) is 6.45. The molecule has 3 N–H and O–H groups in total. The molecule has 1 fully saturated rings. The molecule has 1 aromatic rings. The van der Waals surface area contributed by atoms with Crippen LogP contribution in [0.3, 0.4) is 0 Å². The van der Waals surface area contributed by atoms with Gasteiger partial charge < -0.3 is 11.1 Å². The highest BCUT2D eigenvalue weighted by Gasteiger charge is 2.30. The number of nitrogens with two attached hydrogens (primary N) is 1. The molecule has 0 heterocycles. The smallest absolute Gasteiger partial charge is 0.239 e. The number of nitrogen functional groups attached to an aromatic ring is 1. The SMILES string of the molecule is Nc1ccc(Cl)c(NC(=O)CS(=O)(=O)C2CCCC2)c1. The topological polar surface area (TPSA) is 89.3 Å². The number of carbonyl (C=O) groups excluding carboxylic acids is 1. The van der Waals surface area contributed by atoms with Gasteiger partial charge in [-0.15, -0.1) is 0 Å². The third-order valence-electron chi connectivity index (χ3n) is 3.41. The third kappa shape index (κ3) is 3.64. The molecule has 0 unspecified atom stereocenters. The predicted octanol–water partition coefficient (Wildman–Crippen LogP) is 2.22. The summed E-state index contributed by atoms with van der Waals surface area (Å²) in [6.45, 7) is 0. The highest BCUT2D eigenvalue weighted by atomic mass is 35.5. The second-order valence-electron chi connectivity index (χ2n) is 5.00. The number of rotatable bonds is 4. The lowest BCUT2D eigenvalue weighted by molar-refractivity contribution is -0.113. The van der Waals surface area contributed by atoms with Crippen molar-refractivity contribution in [3.05, 3.63) is 23.2 Å². The van der Waals surface area contributed by atoms with Crippen molar-refractivity contribution in [2.24, 2.45) is 0 Å². The van der Waals surface area contributed by atoms with Gasteiger partial charge in [0.05, 0.1) is 16.0 Å². The molecule has 0 aromatic heterocycles. The zero-order valence-corrected chi connectivity index (χ0v) is 12.5. The molecule has 1 aromatic carbocycles. The molecule has 110 valence electrons. The number of hydrogen-bond acceptors (Lipinski definition) is 4. The Hall–Kier alpha value is -1.27. The first kappa shape index (κ1) is 15.1. The van der Waals surface area contributed by atoms with Crippen molar-refractivity contribution < 1.29 is 13.2 Å². The molecule has 1 amide bonds. The fourth-order valence-corrected chi connectivity index (χ4v) is 4.26. The van der Waals surface area contributed by atoms with Crippen LogP contribution in [0, 0.1) is 0 Å². The van der Waals surface area contributed by atoms with Crippen LogP contribution in [0.5, 0.6) is 0 Å². The Labute approximate surface area is 123 Å². The molecule has 0 spiro atoms. The Morgan fingerprint density at radius 2 is 2.00 bits per heavy atom. The van der Waals surface area contributed by atoms with Gasteiger partial charge in [0.15, 0.2) is 9.84 Å². The Bertz CT molecular complexity index is 610. The summed E-state index contributed by atoms with van der Waals surface area (Å²) in [4.78, 5) is 11.9. The second-order valence-corrected chi connectivity index (χ2v) is 7.69. The van der Waals surface area contributed by atoms with E-state index >= 15 is 0 Å². The number of benzene rings is 1. The van der Waals surface area contributed by atoms with Gasteiger partial charge in [0.1, 0.15) is 5.75 Å². The molecule has 1 aliphatic carbocycles. The van der Waals surface area contributed by atoms with Crippen LogP contribution in [-0.4, -0.2) is 25.3 Å². The van der Waals surface area contributed by atoms with Gasteiger partial charge in [-0.2, -0.15) is 0 Å². The lowest BCUT2D eigenvalue weighted by atomic mass is 10.3. The van der Waals surface area contributed by atoms with E-state index in [1.807, 2.05) is 0 Å². The maximum atomic E-state index is 12.1. The molecule has 0 radical (unpaired) electrons. The molecule has 1 saturated carbocycles. The van der Waals surface area contributed by atoms with E-state index in [-0.39, 0.29) is 5.25 Å². The van der Waals surface area contributed by atoms with E-state index in [2.05, 4.69) is 5.32 Å². The van der Waals surface area contributed by atoms with Gasteiger partial charge in [-0.3, -0.25) is 4.79 Å². The van der Waals surface area contributed by atoms with E-state index in [1.165, 1.54) is 6.07 Å². The average Bonchev–Trinajstić information content (AvgIpc) is 2.87. The summed E-state index contributed by atoms with van der Waals surface area (Å²) in [5, 5.41) is 2.44. The highest BCUT2D eigenvalue weighted by Crippen LogP contribution is 2.26. The molecule has 1 aliphatic rings. The first-order valence-corrected chi connectivity index (χ1v) is 8.54. The van der Waals surface area contributed by atoms with Crippen LogP contribution < -0.4 is 11.1 Å². The molecular weight excluding hydrogens is 300 g/mol. The molecule has 0 aliphatic heterocycles. The molecule has 0 saturated heterocycles. The molecule has 2 rings (SSSR count). The van der Waals surface area contributed by atoms with Gasteiger partial charge in [0.25, 0.3) is 0 Å². The Kier molecular flexibility index (Phi) is 4.55. The standard InChI is InChI=1S/C13H17ClN2O3S/c14-11-6-5-9(15)7-12(11)16-13(17)8-20(18,19)10-3-1-2-4-10/h5-7,10H,1-4,8,15H2,(H,16,17). The van der Waals surface area contributed by atoms with Crippen LogP contribution in [0.1, 0.15) is 25.7 Å². The minimum Gasteiger partial charge on any atom is -0.399 e. The van der Waals surface area contributed by atoms with E-state index in [0.717, 1.165) is 12.8 Å². The molecule has 0 bridgehead atoms. The summed E-state index contributed by atoms with van der Waals surface area (Å²) in [7, 11) is -3.39. The van der Waals surface area contributed by atoms with Crippen LogP contribution in [0.25, 0.3) is 0 Å². The van der Waals surface area contributed by atoms with Crippen molar-refractivity contribution >= 4 is 38.7 Å².